The second-order valence-corrected chi connectivity index (χ2v) is 19.2. The van der Waals surface area contributed by atoms with E-state index in [-0.39, 0.29) is 19.1 Å². The third kappa shape index (κ3) is 41.4. The fourth-order valence-electron chi connectivity index (χ4n) is 7.15. The summed E-state index contributed by atoms with van der Waals surface area (Å²) in [5.41, 5.74) is 0. The van der Waals surface area contributed by atoms with E-state index in [0.29, 0.717) is 23.9 Å². The summed E-state index contributed by atoms with van der Waals surface area (Å²) in [6.07, 6.45) is 45.0. The monoisotopic (exact) mass is 815 g/mol. The van der Waals surface area contributed by atoms with Gasteiger partial charge in [-0.3, -0.25) is 9.36 Å². The number of hydrogen-bond acceptors (Lipinski definition) is 6. The molecule has 1 amide bonds. The minimum absolute atomic E-state index is 0.0126. The highest BCUT2D eigenvalue weighted by Gasteiger charge is 2.24. The molecule has 3 atom stereocenters. The molecule has 0 aromatic rings. The predicted molar refractivity (Wildman–Crippen MR) is 238 cm³/mol. The fraction of sp³-hybridized carbons (Fsp3) is 0.936. The standard InChI is InChI=1S/C47H95N2O6P/c1-6-8-10-12-14-16-18-20-22-23-24-25-27-28-30-32-34-36-38-40-46(50)45(44-55-56(52,53)54-43-42-49(3,4)5)48-47(51)41-39-37-35-33-31-29-26-21-19-17-15-13-11-9-7-2/h21,26,45-46,50H,6-20,22-25,27-44H2,1-5H3,(H-,48,51,52,53)/b26-21-. The molecule has 0 saturated heterocycles. The minimum Gasteiger partial charge on any atom is -0.756 e. The quantitative estimate of drug-likeness (QED) is 0.0274. The Morgan fingerprint density at radius 2 is 0.982 bits per heavy atom. The first-order valence-corrected chi connectivity index (χ1v) is 25.5. The number of quaternary nitrogens is 1. The van der Waals surface area contributed by atoms with Gasteiger partial charge in [-0.25, -0.2) is 0 Å². The molecule has 0 fully saturated rings. The van der Waals surface area contributed by atoms with Gasteiger partial charge in [-0.05, 0) is 38.5 Å². The van der Waals surface area contributed by atoms with Gasteiger partial charge in [0.15, 0.2) is 0 Å². The van der Waals surface area contributed by atoms with Gasteiger partial charge >= 0.3 is 0 Å². The van der Waals surface area contributed by atoms with Crippen LogP contribution in [0.15, 0.2) is 12.2 Å². The van der Waals surface area contributed by atoms with Gasteiger partial charge in [0.1, 0.15) is 13.2 Å². The molecule has 8 nitrogen and oxygen atoms in total. The van der Waals surface area contributed by atoms with E-state index < -0.39 is 20.0 Å². The summed E-state index contributed by atoms with van der Waals surface area (Å²) in [5, 5.41) is 13.9. The lowest BCUT2D eigenvalue weighted by atomic mass is 10.0. The van der Waals surface area contributed by atoms with Gasteiger partial charge in [-0.15, -0.1) is 0 Å². The van der Waals surface area contributed by atoms with Crippen LogP contribution in [0.4, 0.5) is 0 Å². The number of rotatable bonds is 44. The summed E-state index contributed by atoms with van der Waals surface area (Å²) >= 11 is 0. The van der Waals surface area contributed by atoms with Crippen molar-refractivity contribution in [2.75, 3.05) is 40.9 Å². The molecule has 56 heavy (non-hydrogen) atoms. The van der Waals surface area contributed by atoms with E-state index in [4.69, 9.17) is 9.05 Å². The zero-order chi connectivity index (χ0) is 41.4. The Kier molecular flexibility index (Phi) is 39.1. The van der Waals surface area contributed by atoms with Gasteiger partial charge in [0.05, 0.1) is 39.9 Å². The maximum absolute atomic E-state index is 12.9. The number of hydrogen-bond donors (Lipinski definition) is 2. The first kappa shape index (κ1) is 55.2. The van der Waals surface area contributed by atoms with Crippen LogP contribution in [0.3, 0.4) is 0 Å². The van der Waals surface area contributed by atoms with Gasteiger partial charge in [-0.2, -0.15) is 0 Å². The first-order chi connectivity index (χ1) is 27.0. The molecule has 0 aromatic carbocycles. The molecule has 3 unspecified atom stereocenters. The summed E-state index contributed by atoms with van der Waals surface area (Å²) in [5.74, 6) is -0.171. The predicted octanol–water partition coefficient (Wildman–Crippen LogP) is 12.9. The molecule has 0 aliphatic rings. The zero-order valence-corrected chi connectivity index (χ0v) is 38.7. The lowest BCUT2D eigenvalue weighted by Crippen LogP contribution is -2.46. The number of aliphatic hydroxyl groups excluding tert-OH is 1. The lowest BCUT2D eigenvalue weighted by molar-refractivity contribution is -0.870. The largest absolute Gasteiger partial charge is 0.756 e. The van der Waals surface area contributed by atoms with E-state index in [9.17, 15) is 19.4 Å². The van der Waals surface area contributed by atoms with E-state index in [2.05, 4.69) is 31.3 Å². The minimum atomic E-state index is -4.56. The Balaban J connectivity index is 4.30. The second-order valence-electron chi connectivity index (χ2n) is 17.8. The number of carbonyl (C=O) groups is 1. The smallest absolute Gasteiger partial charge is 0.268 e. The van der Waals surface area contributed by atoms with E-state index >= 15 is 0 Å². The number of likely N-dealkylation sites (N-methyl/N-ethyl adjacent to an activating group) is 1. The van der Waals surface area contributed by atoms with E-state index in [0.717, 1.165) is 51.4 Å². The third-order valence-electron chi connectivity index (χ3n) is 11.0. The highest BCUT2D eigenvalue weighted by Crippen LogP contribution is 2.38. The molecule has 0 aliphatic carbocycles. The summed E-state index contributed by atoms with van der Waals surface area (Å²) in [7, 11) is 1.31. The van der Waals surface area contributed by atoms with E-state index in [1.807, 2.05) is 21.1 Å². The van der Waals surface area contributed by atoms with E-state index in [1.54, 1.807) is 0 Å². The van der Waals surface area contributed by atoms with Crippen molar-refractivity contribution in [3.8, 4) is 0 Å². The van der Waals surface area contributed by atoms with Crippen LogP contribution >= 0.6 is 7.82 Å². The van der Waals surface area contributed by atoms with Crippen molar-refractivity contribution < 1.29 is 32.9 Å². The normalized spacial score (nSPS) is 14.3. The van der Waals surface area contributed by atoms with Crippen LogP contribution in [0.1, 0.15) is 232 Å². The third-order valence-corrected chi connectivity index (χ3v) is 12.0. The van der Waals surface area contributed by atoms with Crippen molar-refractivity contribution in [2.24, 2.45) is 0 Å². The Morgan fingerprint density at radius 1 is 0.607 bits per heavy atom. The zero-order valence-electron chi connectivity index (χ0n) is 37.9. The van der Waals surface area contributed by atoms with Crippen LogP contribution in [0, 0.1) is 0 Å². The summed E-state index contributed by atoms with van der Waals surface area (Å²) in [6, 6.07) is -0.801. The molecule has 0 heterocycles. The fourth-order valence-corrected chi connectivity index (χ4v) is 7.88. The maximum atomic E-state index is 12.9. The Morgan fingerprint density at radius 3 is 1.39 bits per heavy atom. The lowest BCUT2D eigenvalue weighted by Gasteiger charge is -2.30. The number of nitrogens with one attached hydrogen (secondary N) is 1. The molecule has 0 rings (SSSR count). The van der Waals surface area contributed by atoms with Crippen LogP contribution in [-0.2, 0) is 18.4 Å². The summed E-state index contributed by atoms with van der Waals surface area (Å²) in [4.78, 5) is 25.4. The number of amides is 1. The van der Waals surface area contributed by atoms with Crippen LogP contribution in [0.2, 0.25) is 0 Å². The average molecular weight is 815 g/mol. The number of allylic oxidation sites excluding steroid dienone is 2. The van der Waals surface area contributed by atoms with Crippen LogP contribution in [-0.4, -0.2) is 68.5 Å². The molecule has 0 aliphatic heterocycles. The van der Waals surface area contributed by atoms with Crippen molar-refractivity contribution in [1.82, 2.24) is 5.32 Å². The van der Waals surface area contributed by atoms with E-state index in [1.165, 1.54) is 154 Å². The maximum Gasteiger partial charge on any atom is 0.268 e. The molecule has 0 radical (unpaired) electrons. The molecule has 334 valence electrons. The van der Waals surface area contributed by atoms with Gasteiger partial charge in [0, 0.05) is 6.42 Å². The van der Waals surface area contributed by atoms with Crippen LogP contribution in [0.5, 0.6) is 0 Å². The van der Waals surface area contributed by atoms with Gasteiger partial charge in [0.25, 0.3) is 7.82 Å². The highest BCUT2D eigenvalue weighted by atomic mass is 31.2. The Bertz CT molecular complexity index is 927. The van der Waals surface area contributed by atoms with Crippen molar-refractivity contribution >= 4 is 13.7 Å². The summed E-state index contributed by atoms with van der Waals surface area (Å²) in [6.45, 7) is 4.73. The number of phosphoric ester groups is 1. The number of phosphoric acid groups is 1. The molecule has 0 bridgehead atoms. The molecular weight excluding hydrogens is 719 g/mol. The van der Waals surface area contributed by atoms with Crippen LogP contribution in [0.25, 0.3) is 0 Å². The van der Waals surface area contributed by atoms with Crippen molar-refractivity contribution in [2.45, 2.75) is 244 Å². The van der Waals surface area contributed by atoms with Crippen molar-refractivity contribution in [1.29, 1.82) is 0 Å². The number of nitrogens with zero attached hydrogens (tertiary/aromatic N) is 1. The number of unbranched alkanes of at least 4 members (excludes halogenated alkanes) is 29. The summed E-state index contributed by atoms with van der Waals surface area (Å²) < 4.78 is 23.3. The Hall–Kier alpha value is -0.760. The van der Waals surface area contributed by atoms with Gasteiger partial charge in [-0.1, -0.05) is 199 Å². The molecule has 0 saturated carbocycles. The highest BCUT2D eigenvalue weighted by molar-refractivity contribution is 7.45. The number of aliphatic hydroxyl groups is 1. The topological polar surface area (TPSA) is 108 Å². The molecule has 0 spiro atoms. The van der Waals surface area contributed by atoms with Gasteiger partial charge < -0.3 is 28.8 Å². The number of carbonyl (C=O) groups excluding carboxylic acids is 1. The average Bonchev–Trinajstić information content (AvgIpc) is 3.15. The Labute approximate surface area is 348 Å². The molecule has 2 N–H and O–H groups in total. The van der Waals surface area contributed by atoms with Crippen molar-refractivity contribution in [3.05, 3.63) is 12.2 Å². The molecular formula is C47H95N2O6P. The van der Waals surface area contributed by atoms with Crippen LogP contribution < -0.4 is 10.2 Å². The van der Waals surface area contributed by atoms with Gasteiger partial charge in [0.2, 0.25) is 5.91 Å². The molecule has 0 aromatic heterocycles. The van der Waals surface area contributed by atoms with Crippen molar-refractivity contribution in [3.63, 3.8) is 0 Å². The second kappa shape index (κ2) is 39.7. The molecule has 9 heteroatoms. The first-order valence-electron chi connectivity index (χ1n) is 24.0. The SMILES string of the molecule is CCCCCCCC/C=C\CCCCCCCC(=O)NC(COP(=O)([O-])OCC[N+](C)(C)C)C(O)CCCCCCCCCCCCCCCCCCCCC.